The predicted octanol–water partition coefficient (Wildman–Crippen LogP) is 4.50. The van der Waals surface area contributed by atoms with E-state index in [9.17, 15) is 9.59 Å². The van der Waals surface area contributed by atoms with Crippen LogP contribution in [-0.4, -0.2) is 55.7 Å². The maximum absolute atomic E-state index is 13.4. The van der Waals surface area contributed by atoms with E-state index in [0.29, 0.717) is 58.4 Å². The lowest BCUT2D eigenvalue weighted by Crippen LogP contribution is -2.27. The maximum atomic E-state index is 13.4. The van der Waals surface area contributed by atoms with Gasteiger partial charge in [0.15, 0.2) is 23.6 Å². The van der Waals surface area contributed by atoms with Gasteiger partial charge in [0, 0.05) is 30.3 Å². The smallest absolute Gasteiger partial charge is 0.255 e. The number of fused-ring (bicyclic) bond motifs is 2. The zero-order valence-electron chi connectivity index (χ0n) is 24.5. The number of ether oxygens (including phenoxy) is 2. The zero-order chi connectivity index (χ0) is 31.1. The molecule has 0 saturated carbocycles. The fraction of sp³-hybridized carbons (Fsp3) is 0.152. The van der Waals surface area contributed by atoms with Gasteiger partial charge in [-0.3, -0.25) is 14.2 Å². The quantitative estimate of drug-likeness (QED) is 0.241. The Bertz CT molecular complexity index is 2090. The first-order valence-electron chi connectivity index (χ1n) is 14.2. The van der Waals surface area contributed by atoms with Crippen molar-refractivity contribution >= 4 is 29.2 Å². The van der Waals surface area contributed by atoms with Crippen molar-refractivity contribution in [1.29, 1.82) is 0 Å². The normalized spacial score (nSPS) is 13.9. The van der Waals surface area contributed by atoms with Crippen LogP contribution in [0.2, 0.25) is 0 Å². The van der Waals surface area contributed by atoms with Gasteiger partial charge in [-0.05, 0) is 72.5 Å². The molecule has 2 aromatic carbocycles. The van der Waals surface area contributed by atoms with Crippen LogP contribution in [0.5, 0.6) is 11.5 Å². The van der Waals surface area contributed by atoms with Crippen LogP contribution in [0.15, 0.2) is 79.3 Å². The highest BCUT2D eigenvalue weighted by molar-refractivity contribution is 5.99. The number of methoxy groups -OCH3 is 2. The first-order valence-corrected chi connectivity index (χ1v) is 14.2. The van der Waals surface area contributed by atoms with E-state index in [4.69, 9.17) is 25.2 Å². The number of nitrogens with zero attached hydrogens (tertiary/aromatic N) is 6. The molecule has 3 N–H and O–H groups in total. The molecule has 0 fully saturated rings. The lowest BCUT2D eigenvalue weighted by molar-refractivity contribution is 0.0933. The number of aldehydes is 1. The van der Waals surface area contributed by atoms with E-state index in [1.165, 1.54) is 20.3 Å². The molecule has 0 unspecified atom stereocenters. The number of hydrogen-bond acceptors (Lipinski definition) is 9. The number of benzene rings is 2. The van der Waals surface area contributed by atoms with Gasteiger partial charge in [-0.1, -0.05) is 6.07 Å². The van der Waals surface area contributed by atoms with Crippen molar-refractivity contribution in [2.75, 3.05) is 20.0 Å². The minimum atomic E-state index is -0.343. The lowest BCUT2D eigenvalue weighted by atomic mass is 10.0. The third kappa shape index (κ3) is 4.82. The molecule has 45 heavy (non-hydrogen) atoms. The molecule has 7 rings (SSSR count). The number of amides is 1. The summed E-state index contributed by atoms with van der Waals surface area (Å²) in [6.45, 7) is 0. The summed E-state index contributed by atoms with van der Waals surface area (Å²) in [5, 5.41) is 7.46. The van der Waals surface area contributed by atoms with Crippen LogP contribution in [0.3, 0.4) is 0 Å². The number of hydrogen-bond donors (Lipinski definition) is 2. The van der Waals surface area contributed by atoms with Gasteiger partial charge in [-0.15, -0.1) is 0 Å². The zero-order valence-corrected chi connectivity index (χ0v) is 24.5. The van der Waals surface area contributed by atoms with Crippen LogP contribution < -0.4 is 20.5 Å². The molecule has 1 atom stereocenters. The first-order chi connectivity index (χ1) is 22.0. The summed E-state index contributed by atoms with van der Waals surface area (Å²) < 4.78 is 14.4. The maximum Gasteiger partial charge on any atom is 0.255 e. The van der Waals surface area contributed by atoms with Crippen molar-refractivity contribution in [3.8, 4) is 34.4 Å². The van der Waals surface area contributed by atoms with Gasteiger partial charge in [0.1, 0.15) is 22.8 Å². The molecule has 6 aromatic rings. The second-order valence-electron chi connectivity index (χ2n) is 10.5. The summed E-state index contributed by atoms with van der Waals surface area (Å²) in [6.07, 6.45) is 7.29. The van der Waals surface area contributed by atoms with E-state index >= 15 is 0 Å². The van der Waals surface area contributed by atoms with Crippen LogP contribution >= 0.6 is 0 Å². The number of aromatic nitrogens is 6. The molecular weight excluding hydrogens is 572 g/mol. The van der Waals surface area contributed by atoms with E-state index in [0.717, 1.165) is 23.2 Å². The number of pyridine rings is 2. The summed E-state index contributed by atoms with van der Waals surface area (Å²) in [4.78, 5) is 39.2. The lowest BCUT2D eigenvalue weighted by Gasteiger charge is -2.17. The molecule has 224 valence electrons. The Labute approximate surface area is 257 Å². The molecule has 1 aliphatic rings. The third-order valence-corrected chi connectivity index (χ3v) is 8.00. The first kappa shape index (κ1) is 27.8. The number of nitrogens with one attached hydrogen (secondary N) is 1. The largest absolute Gasteiger partial charge is 0.496 e. The molecule has 1 amide bonds. The summed E-state index contributed by atoms with van der Waals surface area (Å²) in [5.41, 5.74) is 11.8. The van der Waals surface area contributed by atoms with E-state index < -0.39 is 0 Å². The molecule has 0 spiro atoms. The second-order valence-corrected chi connectivity index (χ2v) is 10.5. The van der Waals surface area contributed by atoms with Crippen LogP contribution in [0.25, 0.3) is 34.1 Å². The number of anilines is 1. The fourth-order valence-corrected chi connectivity index (χ4v) is 5.83. The predicted molar refractivity (Wildman–Crippen MR) is 167 cm³/mol. The Morgan fingerprint density at radius 2 is 1.89 bits per heavy atom. The van der Waals surface area contributed by atoms with Crippen LogP contribution in [-0.2, 0) is 6.42 Å². The van der Waals surface area contributed by atoms with Gasteiger partial charge in [-0.2, -0.15) is 5.10 Å². The Balaban J connectivity index is 1.27. The van der Waals surface area contributed by atoms with Gasteiger partial charge in [0.05, 0.1) is 37.0 Å². The second kappa shape index (κ2) is 11.2. The third-order valence-electron chi connectivity index (χ3n) is 8.00. The highest BCUT2D eigenvalue weighted by atomic mass is 16.5. The number of nitrogen functional groups attached to an aromatic ring is 1. The van der Waals surface area contributed by atoms with Gasteiger partial charge in [0.25, 0.3) is 5.91 Å². The highest BCUT2D eigenvalue weighted by Gasteiger charge is 2.28. The SMILES string of the molecule is COc1cc(OC)c(C(=O)N[C@H]2CCc3cc(-n4c(-c5cccnc5N)nc5ccc(-n6cccn6)nc54)ccc32)cc1C=O. The highest BCUT2D eigenvalue weighted by Crippen LogP contribution is 2.37. The van der Waals surface area contributed by atoms with Crippen molar-refractivity contribution < 1.29 is 19.1 Å². The number of carbonyl (C=O) groups is 2. The van der Waals surface area contributed by atoms with Gasteiger partial charge in [-0.25, -0.2) is 19.6 Å². The van der Waals surface area contributed by atoms with Crippen LogP contribution in [0.4, 0.5) is 5.82 Å². The average Bonchev–Trinajstić information content (AvgIpc) is 3.83. The summed E-state index contributed by atoms with van der Waals surface area (Å²) in [7, 11) is 2.93. The Morgan fingerprint density at radius 3 is 2.64 bits per heavy atom. The molecule has 4 heterocycles. The molecule has 0 radical (unpaired) electrons. The number of imidazole rings is 1. The van der Waals surface area contributed by atoms with Gasteiger partial charge >= 0.3 is 0 Å². The Hall–Kier alpha value is -6.04. The van der Waals surface area contributed by atoms with Crippen LogP contribution in [0, 0.1) is 0 Å². The monoisotopic (exact) mass is 600 g/mol. The van der Waals surface area contributed by atoms with Crippen LogP contribution in [0.1, 0.15) is 44.3 Å². The minimum absolute atomic E-state index is 0.231. The number of carbonyl (C=O) groups excluding carboxylic acids is 2. The van der Waals surface area contributed by atoms with E-state index in [-0.39, 0.29) is 23.1 Å². The molecule has 0 aliphatic heterocycles. The van der Waals surface area contributed by atoms with E-state index in [2.05, 4.69) is 21.5 Å². The summed E-state index contributed by atoms with van der Waals surface area (Å²) in [6, 6.07) is 18.2. The molecule has 1 aliphatic carbocycles. The van der Waals surface area contributed by atoms with Crippen molar-refractivity contribution in [1.82, 2.24) is 34.6 Å². The van der Waals surface area contributed by atoms with Crippen molar-refractivity contribution in [3.63, 3.8) is 0 Å². The van der Waals surface area contributed by atoms with Crippen molar-refractivity contribution in [3.05, 3.63) is 102 Å². The molecule has 12 heteroatoms. The Morgan fingerprint density at radius 1 is 1.02 bits per heavy atom. The van der Waals surface area contributed by atoms with E-state index in [1.807, 2.05) is 53.2 Å². The average molecular weight is 601 g/mol. The topological polar surface area (TPSA) is 152 Å². The number of nitrogens with two attached hydrogens (primary N) is 1. The molecule has 0 bridgehead atoms. The van der Waals surface area contributed by atoms with Crippen molar-refractivity contribution in [2.24, 2.45) is 0 Å². The molecule has 4 aromatic heterocycles. The number of rotatable bonds is 8. The summed E-state index contributed by atoms with van der Waals surface area (Å²) >= 11 is 0. The minimum Gasteiger partial charge on any atom is -0.496 e. The van der Waals surface area contributed by atoms with Gasteiger partial charge in [0.2, 0.25) is 0 Å². The molecular formula is C33H28N8O4. The van der Waals surface area contributed by atoms with Crippen molar-refractivity contribution in [2.45, 2.75) is 18.9 Å². The van der Waals surface area contributed by atoms with Gasteiger partial charge < -0.3 is 20.5 Å². The molecule has 0 saturated heterocycles. The Kier molecular flexibility index (Phi) is 6.93. The summed E-state index contributed by atoms with van der Waals surface area (Å²) in [5.74, 6) is 1.93. The fourth-order valence-electron chi connectivity index (χ4n) is 5.83. The number of aryl methyl sites for hydroxylation is 1. The standard InChI is InChI=1S/C33H28N8O4/c1-44-27-17-28(45-2)24(16-20(27)18-42)33(43)38-25-9-6-19-15-21(7-8-22(19)25)41-31(23-5-3-12-35-30(23)34)37-26-10-11-29(39-32(26)41)40-14-4-13-36-40/h3-5,7-8,10-18,25H,6,9H2,1-2H3,(H2,34,35)(H,38,43)/t25-/m0/s1. The van der Waals surface area contributed by atoms with E-state index in [1.54, 1.807) is 23.1 Å². The molecule has 12 nitrogen and oxygen atoms in total.